The fourth-order valence-corrected chi connectivity index (χ4v) is 2.33. The lowest BCUT2D eigenvalue weighted by molar-refractivity contribution is 0.896. The van der Waals surface area contributed by atoms with Gasteiger partial charge in [0.1, 0.15) is 5.82 Å². The van der Waals surface area contributed by atoms with Gasteiger partial charge in [0.05, 0.1) is 0 Å². The Hall–Kier alpha value is -0.700. The Morgan fingerprint density at radius 1 is 1.40 bits per heavy atom. The molecule has 0 aromatic carbocycles. The molecule has 0 radical (unpaired) electrons. The normalized spacial score (nSPS) is 10.3. The quantitative estimate of drug-likeness (QED) is 0.717. The summed E-state index contributed by atoms with van der Waals surface area (Å²) < 4.78 is 0. The molecule has 84 valence electrons. The van der Waals surface area contributed by atoms with Crippen molar-refractivity contribution in [3.8, 4) is 0 Å². The van der Waals surface area contributed by atoms with Crippen molar-refractivity contribution in [2.24, 2.45) is 0 Å². The average Bonchev–Trinajstić information content (AvgIpc) is 2.26. The van der Waals surface area contributed by atoms with Crippen LogP contribution in [-0.4, -0.2) is 17.3 Å². The molecule has 0 spiro atoms. The van der Waals surface area contributed by atoms with Gasteiger partial charge in [-0.1, -0.05) is 13.3 Å². The number of nitrogens with zero attached hydrogens (tertiary/aromatic N) is 1. The van der Waals surface area contributed by atoms with E-state index in [2.05, 4.69) is 36.3 Å². The van der Waals surface area contributed by atoms with Gasteiger partial charge in [-0.25, -0.2) is 4.98 Å². The standard InChI is InChI=1S/C12H20N2S/c1-3-5-8-15-10-11-6-7-14-12(9-11)13-4-2/h6-7,9H,3-5,8,10H2,1-2H3,(H,13,14). The summed E-state index contributed by atoms with van der Waals surface area (Å²) in [4.78, 5) is 4.25. The smallest absolute Gasteiger partial charge is 0.126 e. The second-order valence-electron chi connectivity index (χ2n) is 3.49. The van der Waals surface area contributed by atoms with Crippen LogP contribution >= 0.6 is 11.8 Å². The number of hydrogen-bond donors (Lipinski definition) is 1. The van der Waals surface area contributed by atoms with Crippen LogP contribution in [0.1, 0.15) is 32.3 Å². The highest BCUT2D eigenvalue weighted by atomic mass is 32.2. The Labute approximate surface area is 96.9 Å². The van der Waals surface area contributed by atoms with Crippen molar-refractivity contribution in [1.29, 1.82) is 0 Å². The minimum absolute atomic E-state index is 0.930. The van der Waals surface area contributed by atoms with E-state index in [0.717, 1.165) is 18.1 Å². The van der Waals surface area contributed by atoms with E-state index in [1.807, 2.05) is 18.0 Å². The zero-order chi connectivity index (χ0) is 10.9. The molecule has 0 saturated carbocycles. The number of nitrogens with one attached hydrogen (secondary N) is 1. The third-order valence-corrected chi connectivity index (χ3v) is 3.21. The van der Waals surface area contributed by atoms with Gasteiger partial charge in [0.15, 0.2) is 0 Å². The Balaban J connectivity index is 2.36. The predicted molar refractivity (Wildman–Crippen MR) is 69.5 cm³/mol. The number of pyridine rings is 1. The fraction of sp³-hybridized carbons (Fsp3) is 0.583. The molecule has 1 aromatic heterocycles. The summed E-state index contributed by atoms with van der Waals surface area (Å²) in [7, 11) is 0. The summed E-state index contributed by atoms with van der Waals surface area (Å²) in [6, 6.07) is 4.24. The van der Waals surface area contributed by atoms with Gasteiger partial charge in [-0.15, -0.1) is 0 Å². The van der Waals surface area contributed by atoms with Crippen molar-refractivity contribution in [1.82, 2.24) is 4.98 Å². The number of hydrogen-bond acceptors (Lipinski definition) is 3. The van der Waals surface area contributed by atoms with Crippen LogP contribution < -0.4 is 5.32 Å². The molecular formula is C12H20N2S. The summed E-state index contributed by atoms with van der Waals surface area (Å²) in [5.41, 5.74) is 1.36. The van der Waals surface area contributed by atoms with Crippen LogP contribution in [0.5, 0.6) is 0 Å². The Morgan fingerprint density at radius 3 is 3.00 bits per heavy atom. The zero-order valence-corrected chi connectivity index (χ0v) is 10.4. The number of aromatic nitrogens is 1. The van der Waals surface area contributed by atoms with E-state index in [1.165, 1.54) is 24.2 Å². The van der Waals surface area contributed by atoms with Crippen LogP contribution in [0.4, 0.5) is 5.82 Å². The first-order valence-electron chi connectivity index (χ1n) is 5.63. The van der Waals surface area contributed by atoms with Crippen molar-refractivity contribution < 1.29 is 0 Å². The summed E-state index contributed by atoms with van der Waals surface area (Å²) in [5, 5.41) is 3.23. The molecule has 0 aliphatic carbocycles. The van der Waals surface area contributed by atoms with Crippen molar-refractivity contribution >= 4 is 17.6 Å². The van der Waals surface area contributed by atoms with E-state index >= 15 is 0 Å². The molecule has 0 bridgehead atoms. The molecule has 1 aromatic rings. The summed E-state index contributed by atoms with van der Waals surface area (Å²) in [5.74, 6) is 3.35. The molecule has 0 atom stereocenters. The van der Waals surface area contributed by atoms with Gasteiger partial charge in [0, 0.05) is 18.5 Å². The minimum Gasteiger partial charge on any atom is -0.370 e. The first-order valence-corrected chi connectivity index (χ1v) is 6.78. The Kier molecular flexibility index (Phi) is 6.25. The maximum atomic E-state index is 4.25. The van der Waals surface area contributed by atoms with Crippen LogP contribution in [0, 0.1) is 0 Å². The molecule has 0 fully saturated rings. The first-order chi connectivity index (χ1) is 7.36. The first kappa shape index (κ1) is 12.4. The molecule has 1 heterocycles. The molecule has 1 N–H and O–H groups in total. The fourth-order valence-electron chi connectivity index (χ4n) is 1.28. The number of anilines is 1. The third kappa shape index (κ3) is 5.07. The highest BCUT2D eigenvalue weighted by Gasteiger charge is 1.96. The number of unbranched alkanes of at least 4 members (excludes halogenated alkanes) is 1. The van der Waals surface area contributed by atoms with Gasteiger partial charge in [-0.05, 0) is 36.8 Å². The highest BCUT2D eigenvalue weighted by molar-refractivity contribution is 7.98. The molecule has 0 aliphatic heterocycles. The molecule has 0 aliphatic rings. The van der Waals surface area contributed by atoms with E-state index in [9.17, 15) is 0 Å². The molecule has 0 unspecified atom stereocenters. The van der Waals surface area contributed by atoms with Crippen molar-refractivity contribution in [3.05, 3.63) is 23.9 Å². The molecular weight excluding hydrogens is 204 g/mol. The van der Waals surface area contributed by atoms with E-state index < -0.39 is 0 Å². The van der Waals surface area contributed by atoms with Crippen LogP contribution in [0.3, 0.4) is 0 Å². The molecule has 0 amide bonds. The van der Waals surface area contributed by atoms with Crippen LogP contribution in [0.25, 0.3) is 0 Å². The van der Waals surface area contributed by atoms with Crippen LogP contribution in [0.15, 0.2) is 18.3 Å². The van der Waals surface area contributed by atoms with Crippen molar-refractivity contribution in [2.45, 2.75) is 32.4 Å². The second kappa shape index (κ2) is 7.57. The van der Waals surface area contributed by atoms with Gasteiger partial charge >= 0.3 is 0 Å². The maximum Gasteiger partial charge on any atom is 0.126 e. The maximum absolute atomic E-state index is 4.25. The Bertz CT molecular complexity index is 276. The molecule has 15 heavy (non-hydrogen) atoms. The van der Waals surface area contributed by atoms with E-state index in [1.54, 1.807) is 0 Å². The SMILES string of the molecule is CCCCSCc1ccnc(NCC)c1. The van der Waals surface area contributed by atoms with Gasteiger partial charge in [-0.3, -0.25) is 0 Å². The second-order valence-corrected chi connectivity index (χ2v) is 4.59. The lowest BCUT2D eigenvalue weighted by Crippen LogP contribution is -1.99. The summed E-state index contributed by atoms with van der Waals surface area (Å²) in [6.45, 7) is 5.25. The summed E-state index contributed by atoms with van der Waals surface area (Å²) in [6.07, 6.45) is 4.48. The van der Waals surface area contributed by atoms with Crippen LogP contribution in [0.2, 0.25) is 0 Å². The zero-order valence-electron chi connectivity index (χ0n) is 9.62. The van der Waals surface area contributed by atoms with Gasteiger partial charge < -0.3 is 5.32 Å². The van der Waals surface area contributed by atoms with Crippen molar-refractivity contribution in [2.75, 3.05) is 17.6 Å². The average molecular weight is 224 g/mol. The molecule has 1 rings (SSSR count). The predicted octanol–water partition coefficient (Wildman–Crippen LogP) is 3.55. The van der Waals surface area contributed by atoms with E-state index in [-0.39, 0.29) is 0 Å². The Morgan fingerprint density at radius 2 is 2.27 bits per heavy atom. The minimum atomic E-state index is 0.930. The summed E-state index contributed by atoms with van der Waals surface area (Å²) >= 11 is 2.00. The molecule has 2 nitrogen and oxygen atoms in total. The number of thioether (sulfide) groups is 1. The lowest BCUT2D eigenvalue weighted by Gasteiger charge is -2.05. The van der Waals surface area contributed by atoms with Gasteiger partial charge in [0.2, 0.25) is 0 Å². The largest absolute Gasteiger partial charge is 0.370 e. The van der Waals surface area contributed by atoms with Gasteiger partial charge in [-0.2, -0.15) is 11.8 Å². The molecule has 3 heteroatoms. The van der Waals surface area contributed by atoms with E-state index in [4.69, 9.17) is 0 Å². The lowest BCUT2D eigenvalue weighted by atomic mass is 10.3. The third-order valence-electron chi connectivity index (χ3n) is 2.09. The monoisotopic (exact) mass is 224 g/mol. The van der Waals surface area contributed by atoms with E-state index in [0.29, 0.717) is 0 Å². The van der Waals surface area contributed by atoms with Crippen molar-refractivity contribution in [3.63, 3.8) is 0 Å². The topological polar surface area (TPSA) is 24.9 Å². The molecule has 0 saturated heterocycles. The number of rotatable bonds is 7. The van der Waals surface area contributed by atoms with Gasteiger partial charge in [0.25, 0.3) is 0 Å². The highest BCUT2D eigenvalue weighted by Crippen LogP contribution is 2.15. The van der Waals surface area contributed by atoms with Crippen LogP contribution in [-0.2, 0) is 5.75 Å².